The summed E-state index contributed by atoms with van der Waals surface area (Å²) in [6.45, 7) is 4.69. The first kappa shape index (κ1) is 17.3. The number of nitrogens with two attached hydrogens (primary N) is 1. The monoisotopic (exact) mass is 322 g/mol. The number of amides is 1. The second-order valence-corrected chi connectivity index (χ2v) is 6.85. The number of benzene rings is 1. The lowest BCUT2D eigenvalue weighted by atomic mass is 10.1. The van der Waals surface area contributed by atoms with E-state index in [-0.39, 0.29) is 0 Å². The van der Waals surface area contributed by atoms with Gasteiger partial charge in [0.05, 0.1) is 0 Å². The van der Waals surface area contributed by atoms with Gasteiger partial charge in [-0.3, -0.25) is 4.79 Å². The third-order valence-electron chi connectivity index (χ3n) is 2.19. The van der Waals surface area contributed by atoms with Crippen molar-refractivity contribution in [1.82, 2.24) is 5.32 Å². The van der Waals surface area contributed by atoms with Gasteiger partial charge in [-0.2, -0.15) is 4.39 Å². The van der Waals surface area contributed by atoms with Crippen molar-refractivity contribution in [2.75, 3.05) is 6.61 Å². The Balaban J connectivity index is 2.88. The van der Waals surface area contributed by atoms with E-state index in [1.165, 1.54) is 0 Å². The molecule has 0 saturated carbocycles. The largest absolute Gasteiger partial charge is 0.481 e. The van der Waals surface area contributed by atoms with Crippen LogP contribution in [0.2, 0.25) is 0 Å². The highest BCUT2D eigenvalue weighted by molar-refractivity contribution is 7.89. The maximum absolute atomic E-state index is 13.6. The number of primary sulfonamides is 1. The number of sulfonamides is 1. The molecule has 0 saturated heterocycles. The average Bonchev–Trinajstić information content (AvgIpc) is 2.27. The lowest BCUT2D eigenvalue weighted by Gasteiger charge is -2.20. The average molecular weight is 322 g/mol. The molecule has 3 N–H and O–H groups in total. The van der Waals surface area contributed by atoms with Crippen molar-refractivity contribution >= 4 is 15.9 Å². The van der Waals surface area contributed by atoms with Gasteiger partial charge in [-0.15, -0.1) is 0 Å². The summed E-state index contributed by atoms with van der Waals surface area (Å²) in [5, 5.41) is 7.29. The highest BCUT2D eigenvalue weighted by atomic mass is 32.2. The molecule has 0 spiro atoms. The molecule has 21 heavy (non-hydrogen) atoms. The number of nitrogens with one attached hydrogen (secondary N) is 1. The van der Waals surface area contributed by atoms with Gasteiger partial charge in [0.1, 0.15) is 4.90 Å². The summed E-state index contributed by atoms with van der Waals surface area (Å²) >= 11 is 0. The number of carbonyl (C=O) groups is 1. The Morgan fingerprint density at radius 3 is 2.33 bits per heavy atom. The first-order valence-electron chi connectivity index (χ1n) is 5.86. The van der Waals surface area contributed by atoms with Crippen molar-refractivity contribution in [3.63, 3.8) is 0 Å². The van der Waals surface area contributed by atoms with E-state index in [0.29, 0.717) is 0 Å². The van der Waals surface area contributed by atoms with Gasteiger partial charge in [-0.05, 0) is 32.9 Å². The highest BCUT2D eigenvalue weighted by Crippen LogP contribution is 2.24. The van der Waals surface area contributed by atoms with Crippen molar-refractivity contribution < 1.29 is 26.7 Å². The van der Waals surface area contributed by atoms with Crippen LogP contribution in [0.3, 0.4) is 0 Å². The van der Waals surface area contributed by atoms with Gasteiger partial charge in [0.2, 0.25) is 15.8 Å². The molecule has 0 bridgehead atoms. The molecule has 1 amide bonds. The molecule has 0 aliphatic carbocycles. The molecule has 1 aromatic rings. The summed E-state index contributed by atoms with van der Waals surface area (Å²) < 4.78 is 54.0. The molecular formula is C12H16F2N2O4S. The van der Waals surface area contributed by atoms with Crippen molar-refractivity contribution in [3.05, 3.63) is 23.8 Å². The van der Waals surface area contributed by atoms with E-state index in [1.54, 1.807) is 20.8 Å². The zero-order valence-electron chi connectivity index (χ0n) is 11.7. The van der Waals surface area contributed by atoms with Crippen LogP contribution in [0, 0.1) is 11.6 Å². The molecule has 1 aromatic carbocycles. The van der Waals surface area contributed by atoms with Gasteiger partial charge < -0.3 is 10.1 Å². The molecule has 0 unspecified atom stereocenters. The van der Waals surface area contributed by atoms with Crippen LogP contribution in [0.4, 0.5) is 8.78 Å². The molecule has 0 aliphatic rings. The zero-order chi connectivity index (χ0) is 16.4. The normalized spacial score (nSPS) is 12.1. The van der Waals surface area contributed by atoms with Crippen molar-refractivity contribution in [3.8, 4) is 5.75 Å². The molecule has 9 heteroatoms. The summed E-state index contributed by atoms with van der Waals surface area (Å²) in [4.78, 5) is 10.5. The summed E-state index contributed by atoms with van der Waals surface area (Å²) in [5.41, 5.74) is -0.498. The maximum Gasteiger partial charge on any atom is 0.258 e. The topological polar surface area (TPSA) is 98.5 Å². The van der Waals surface area contributed by atoms with Crippen LogP contribution in [-0.2, 0) is 14.8 Å². The highest BCUT2D eigenvalue weighted by Gasteiger charge is 2.22. The number of rotatable bonds is 4. The van der Waals surface area contributed by atoms with Crippen LogP contribution < -0.4 is 15.2 Å². The van der Waals surface area contributed by atoms with Crippen LogP contribution in [0.5, 0.6) is 5.75 Å². The first-order chi connectivity index (χ1) is 9.42. The van der Waals surface area contributed by atoms with Gasteiger partial charge in [-0.1, -0.05) is 0 Å². The van der Waals surface area contributed by atoms with E-state index >= 15 is 0 Å². The Hall–Kier alpha value is -1.74. The number of ether oxygens (including phenoxy) is 1. The fourth-order valence-corrected chi connectivity index (χ4v) is 2.04. The van der Waals surface area contributed by atoms with E-state index < -0.39 is 50.4 Å². The molecule has 118 valence electrons. The minimum absolute atomic E-state index is 0.498. The van der Waals surface area contributed by atoms with E-state index in [2.05, 4.69) is 5.32 Å². The fourth-order valence-electron chi connectivity index (χ4n) is 1.44. The minimum Gasteiger partial charge on any atom is -0.481 e. The van der Waals surface area contributed by atoms with Crippen LogP contribution in [0.1, 0.15) is 20.8 Å². The van der Waals surface area contributed by atoms with Gasteiger partial charge in [0.15, 0.2) is 18.2 Å². The van der Waals surface area contributed by atoms with Gasteiger partial charge in [0.25, 0.3) is 5.91 Å². The lowest BCUT2D eigenvalue weighted by Crippen LogP contribution is -2.43. The fraction of sp³-hybridized carbons (Fsp3) is 0.417. The SMILES string of the molecule is CC(C)(C)NC(=O)COc1ccc(S(N)(=O)=O)c(F)c1F. The molecule has 0 atom stereocenters. The quantitative estimate of drug-likeness (QED) is 0.860. The molecular weight excluding hydrogens is 306 g/mol. The zero-order valence-corrected chi connectivity index (χ0v) is 12.6. The predicted molar refractivity (Wildman–Crippen MR) is 71.1 cm³/mol. The molecule has 0 aliphatic heterocycles. The van der Waals surface area contributed by atoms with E-state index in [1.807, 2.05) is 0 Å². The van der Waals surface area contributed by atoms with E-state index in [0.717, 1.165) is 12.1 Å². The Labute approximate surface area is 121 Å². The second kappa shape index (κ2) is 5.94. The molecule has 0 heterocycles. The Morgan fingerprint density at radius 1 is 1.29 bits per heavy atom. The third kappa shape index (κ3) is 4.94. The minimum atomic E-state index is -4.38. The van der Waals surface area contributed by atoms with Crippen LogP contribution in [0.25, 0.3) is 0 Å². The second-order valence-electron chi connectivity index (χ2n) is 5.32. The molecule has 0 fully saturated rings. The van der Waals surface area contributed by atoms with Crippen molar-refractivity contribution in [2.24, 2.45) is 5.14 Å². The standard InChI is InChI=1S/C12H16F2N2O4S/c1-12(2,3)16-9(17)6-20-7-4-5-8(21(15,18)19)11(14)10(7)13/h4-5H,6H2,1-3H3,(H,16,17)(H2,15,18,19). The number of hydrogen-bond donors (Lipinski definition) is 2. The molecule has 0 aromatic heterocycles. The van der Waals surface area contributed by atoms with Crippen molar-refractivity contribution in [2.45, 2.75) is 31.2 Å². The summed E-state index contributed by atoms with van der Waals surface area (Å²) in [6, 6.07) is 1.66. The Kier molecular flexibility index (Phi) is 4.90. The smallest absolute Gasteiger partial charge is 0.258 e. The third-order valence-corrected chi connectivity index (χ3v) is 3.12. The maximum atomic E-state index is 13.6. The number of halogens is 2. The summed E-state index contributed by atoms with van der Waals surface area (Å²) in [7, 11) is -4.38. The van der Waals surface area contributed by atoms with Crippen LogP contribution in [0.15, 0.2) is 17.0 Å². The van der Waals surface area contributed by atoms with Crippen LogP contribution in [-0.4, -0.2) is 26.5 Å². The number of hydrogen-bond acceptors (Lipinski definition) is 4. The van der Waals surface area contributed by atoms with E-state index in [9.17, 15) is 22.0 Å². The van der Waals surface area contributed by atoms with Gasteiger partial charge >= 0.3 is 0 Å². The predicted octanol–water partition coefficient (Wildman–Crippen LogP) is 0.906. The van der Waals surface area contributed by atoms with Gasteiger partial charge in [-0.25, -0.2) is 17.9 Å². The number of carbonyl (C=O) groups excluding carboxylic acids is 1. The Bertz CT molecular complexity index is 654. The van der Waals surface area contributed by atoms with Gasteiger partial charge in [0, 0.05) is 5.54 Å². The van der Waals surface area contributed by atoms with Crippen LogP contribution >= 0.6 is 0 Å². The molecule has 6 nitrogen and oxygen atoms in total. The molecule has 1 rings (SSSR count). The van der Waals surface area contributed by atoms with E-state index in [4.69, 9.17) is 9.88 Å². The molecule has 0 radical (unpaired) electrons. The summed E-state index contributed by atoms with van der Waals surface area (Å²) in [6.07, 6.45) is 0. The lowest BCUT2D eigenvalue weighted by molar-refractivity contribution is -0.124. The Morgan fingerprint density at radius 2 is 1.86 bits per heavy atom. The summed E-state index contributed by atoms with van der Waals surface area (Å²) in [5.74, 6) is -4.28. The van der Waals surface area contributed by atoms with Crippen molar-refractivity contribution in [1.29, 1.82) is 0 Å². The first-order valence-corrected chi connectivity index (χ1v) is 7.41.